The Labute approximate surface area is 94.7 Å². The van der Waals surface area contributed by atoms with E-state index in [0.717, 1.165) is 11.1 Å². The van der Waals surface area contributed by atoms with Gasteiger partial charge in [0, 0.05) is 11.6 Å². The molecule has 16 heavy (non-hydrogen) atoms. The lowest BCUT2D eigenvalue weighted by atomic mass is 10.0. The largest absolute Gasteiger partial charge is 0.466 e. The van der Waals surface area contributed by atoms with Gasteiger partial charge in [0.25, 0.3) is 0 Å². The molecular formula is C13H14O3. The van der Waals surface area contributed by atoms with Gasteiger partial charge in [0.05, 0.1) is 7.11 Å². The number of hydrogen-bond acceptors (Lipinski definition) is 3. The number of carbonyl (C=O) groups excluding carboxylic acids is 2. The summed E-state index contributed by atoms with van der Waals surface area (Å²) in [6, 6.07) is 5.41. The van der Waals surface area contributed by atoms with Gasteiger partial charge >= 0.3 is 5.97 Å². The maximum absolute atomic E-state index is 11.2. The summed E-state index contributed by atoms with van der Waals surface area (Å²) in [6.07, 6.45) is 3.00. The van der Waals surface area contributed by atoms with E-state index in [1.165, 1.54) is 20.1 Å². The van der Waals surface area contributed by atoms with Gasteiger partial charge in [-0.1, -0.05) is 18.2 Å². The summed E-state index contributed by atoms with van der Waals surface area (Å²) in [5, 5.41) is 0. The van der Waals surface area contributed by atoms with Crippen LogP contribution in [0.5, 0.6) is 0 Å². The molecule has 0 aromatic heterocycles. The predicted octanol–water partition coefficient (Wildman–Crippen LogP) is 2.38. The van der Waals surface area contributed by atoms with Gasteiger partial charge in [-0.2, -0.15) is 0 Å². The summed E-state index contributed by atoms with van der Waals surface area (Å²) in [5.74, 6) is -0.353. The SMILES string of the molecule is COC(=O)C=Cc1ccc(C(C)=O)c(C)c1. The van der Waals surface area contributed by atoms with Gasteiger partial charge in [0.2, 0.25) is 0 Å². The summed E-state index contributed by atoms with van der Waals surface area (Å²) >= 11 is 0. The van der Waals surface area contributed by atoms with Gasteiger partial charge in [-0.25, -0.2) is 4.79 Å². The molecule has 0 N–H and O–H groups in total. The minimum absolute atomic E-state index is 0.0426. The zero-order chi connectivity index (χ0) is 12.1. The summed E-state index contributed by atoms with van der Waals surface area (Å²) in [7, 11) is 1.33. The first-order valence-electron chi connectivity index (χ1n) is 4.92. The minimum atomic E-state index is -0.395. The van der Waals surface area contributed by atoms with Crippen LogP contribution < -0.4 is 0 Å². The van der Waals surface area contributed by atoms with Crippen molar-refractivity contribution in [3.63, 3.8) is 0 Å². The molecule has 0 fully saturated rings. The molecule has 0 aliphatic heterocycles. The van der Waals surface area contributed by atoms with Crippen molar-refractivity contribution in [1.82, 2.24) is 0 Å². The number of methoxy groups -OCH3 is 1. The second-order valence-electron chi connectivity index (χ2n) is 3.49. The van der Waals surface area contributed by atoms with Crippen molar-refractivity contribution < 1.29 is 14.3 Å². The number of hydrogen-bond donors (Lipinski definition) is 0. The first-order chi connectivity index (χ1) is 7.54. The van der Waals surface area contributed by atoms with Crippen molar-refractivity contribution in [2.45, 2.75) is 13.8 Å². The number of esters is 1. The minimum Gasteiger partial charge on any atom is -0.466 e. The van der Waals surface area contributed by atoms with Crippen LogP contribution >= 0.6 is 0 Å². The molecule has 1 rings (SSSR count). The number of Topliss-reactive ketones (excluding diaryl/α,β-unsaturated/α-hetero) is 1. The van der Waals surface area contributed by atoms with Crippen LogP contribution in [0.1, 0.15) is 28.4 Å². The highest BCUT2D eigenvalue weighted by atomic mass is 16.5. The third kappa shape index (κ3) is 3.05. The van der Waals surface area contributed by atoms with E-state index in [0.29, 0.717) is 5.56 Å². The molecule has 0 aliphatic carbocycles. The Kier molecular flexibility index (Phi) is 4.00. The molecule has 0 heterocycles. The van der Waals surface area contributed by atoms with Gasteiger partial charge in [0.15, 0.2) is 5.78 Å². The van der Waals surface area contributed by atoms with Crippen LogP contribution in [0, 0.1) is 6.92 Å². The molecule has 84 valence electrons. The van der Waals surface area contributed by atoms with Crippen LogP contribution in [0.25, 0.3) is 6.08 Å². The molecule has 0 spiro atoms. The van der Waals surface area contributed by atoms with E-state index in [2.05, 4.69) is 4.74 Å². The van der Waals surface area contributed by atoms with E-state index < -0.39 is 5.97 Å². The predicted molar refractivity (Wildman–Crippen MR) is 62.2 cm³/mol. The van der Waals surface area contributed by atoms with Crippen LogP contribution in [0.4, 0.5) is 0 Å². The quantitative estimate of drug-likeness (QED) is 0.444. The van der Waals surface area contributed by atoms with Gasteiger partial charge < -0.3 is 4.74 Å². The fourth-order valence-corrected chi connectivity index (χ4v) is 1.42. The van der Waals surface area contributed by atoms with E-state index in [1.54, 1.807) is 18.2 Å². The molecule has 0 aliphatic rings. The second-order valence-corrected chi connectivity index (χ2v) is 3.49. The van der Waals surface area contributed by atoms with Gasteiger partial charge in [-0.05, 0) is 31.1 Å². The Morgan fingerprint density at radius 3 is 2.50 bits per heavy atom. The molecule has 3 nitrogen and oxygen atoms in total. The van der Waals surface area contributed by atoms with Crippen LogP contribution in [0.3, 0.4) is 0 Å². The van der Waals surface area contributed by atoms with Crippen LogP contribution in [0.15, 0.2) is 24.3 Å². The van der Waals surface area contributed by atoms with Crippen LogP contribution in [-0.4, -0.2) is 18.9 Å². The number of benzene rings is 1. The molecule has 0 bridgehead atoms. The van der Waals surface area contributed by atoms with Gasteiger partial charge in [-0.15, -0.1) is 0 Å². The van der Waals surface area contributed by atoms with Crippen LogP contribution in [-0.2, 0) is 9.53 Å². The van der Waals surface area contributed by atoms with E-state index >= 15 is 0 Å². The fraction of sp³-hybridized carbons (Fsp3) is 0.231. The van der Waals surface area contributed by atoms with E-state index in [9.17, 15) is 9.59 Å². The van der Waals surface area contributed by atoms with E-state index in [4.69, 9.17) is 0 Å². The lowest BCUT2D eigenvalue weighted by molar-refractivity contribution is -0.134. The highest BCUT2D eigenvalue weighted by Crippen LogP contribution is 2.13. The molecule has 3 heteroatoms. The smallest absolute Gasteiger partial charge is 0.330 e. The summed E-state index contributed by atoms with van der Waals surface area (Å²) in [4.78, 5) is 22.1. The third-order valence-corrected chi connectivity index (χ3v) is 2.24. The Balaban J connectivity index is 2.94. The van der Waals surface area contributed by atoms with Crippen molar-refractivity contribution >= 4 is 17.8 Å². The van der Waals surface area contributed by atoms with Crippen molar-refractivity contribution in [2.75, 3.05) is 7.11 Å². The molecule has 0 saturated carbocycles. The highest BCUT2D eigenvalue weighted by molar-refractivity contribution is 5.96. The van der Waals surface area contributed by atoms with Crippen molar-refractivity contribution in [3.8, 4) is 0 Å². The normalized spacial score (nSPS) is 10.4. The number of carbonyl (C=O) groups is 2. The van der Waals surface area contributed by atoms with E-state index in [-0.39, 0.29) is 5.78 Å². The van der Waals surface area contributed by atoms with Gasteiger partial charge in [-0.3, -0.25) is 4.79 Å². The van der Waals surface area contributed by atoms with Crippen molar-refractivity contribution in [1.29, 1.82) is 0 Å². The standard InChI is InChI=1S/C13H14O3/c1-9-8-11(5-7-13(15)16-3)4-6-12(9)10(2)14/h4-8H,1-3H3. The molecule has 0 amide bonds. The Morgan fingerprint density at radius 1 is 1.31 bits per heavy atom. The molecule has 0 atom stereocenters. The maximum atomic E-state index is 11.2. The summed E-state index contributed by atoms with van der Waals surface area (Å²) < 4.78 is 4.48. The lowest BCUT2D eigenvalue weighted by Gasteiger charge is -2.02. The zero-order valence-corrected chi connectivity index (χ0v) is 9.61. The molecule has 1 aromatic carbocycles. The number of ketones is 1. The fourth-order valence-electron chi connectivity index (χ4n) is 1.42. The first kappa shape index (κ1) is 12.2. The van der Waals surface area contributed by atoms with Crippen LogP contribution in [0.2, 0.25) is 0 Å². The maximum Gasteiger partial charge on any atom is 0.330 e. The number of ether oxygens (including phenoxy) is 1. The third-order valence-electron chi connectivity index (χ3n) is 2.24. The van der Waals surface area contributed by atoms with E-state index in [1.807, 2.05) is 13.0 Å². The van der Waals surface area contributed by atoms with Gasteiger partial charge in [0.1, 0.15) is 0 Å². The Hall–Kier alpha value is -1.90. The second kappa shape index (κ2) is 5.26. The number of rotatable bonds is 3. The van der Waals surface area contributed by atoms with Crippen molar-refractivity contribution in [2.24, 2.45) is 0 Å². The number of aryl methyl sites for hydroxylation is 1. The average molecular weight is 218 g/mol. The molecule has 0 saturated heterocycles. The zero-order valence-electron chi connectivity index (χ0n) is 9.61. The highest BCUT2D eigenvalue weighted by Gasteiger charge is 2.03. The topological polar surface area (TPSA) is 43.4 Å². The lowest BCUT2D eigenvalue weighted by Crippen LogP contribution is -1.96. The molecule has 0 radical (unpaired) electrons. The Bertz CT molecular complexity index is 444. The average Bonchev–Trinajstić information content (AvgIpc) is 2.25. The monoisotopic (exact) mass is 218 g/mol. The molecular weight excluding hydrogens is 204 g/mol. The summed E-state index contributed by atoms with van der Waals surface area (Å²) in [5.41, 5.74) is 2.47. The Morgan fingerprint density at radius 2 is 2.00 bits per heavy atom. The summed E-state index contributed by atoms with van der Waals surface area (Å²) in [6.45, 7) is 3.40. The molecule has 1 aromatic rings. The van der Waals surface area contributed by atoms with Crippen molar-refractivity contribution in [3.05, 3.63) is 41.0 Å². The molecule has 0 unspecified atom stereocenters. The first-order valence-corrected chi connectivity index (χ1v) is 4.92.